The number of carbonyl (C=O) groups excluding carboxylic acids is 1. The fraction of sp³-hybridized carbons (Fsp3) is 0.227. The van der Waals surface area contributed by atoms with Crippen molar-refractivity contribution in [2.75, 3.05) is 12.4 Å². The number of carbonyl (C=O) groups is 2. The zero-order valence-electron chi connectivity index (χ0n) is 17.7. The number of anilines is 1. The molecular weight excluding hydrogens is 428 g/mol. The Morgan fingerprint density at radius 1 is 1.21 bits per heavy atom. The van der Waals surface area contributed by atoms with Gasteiger partial charge >= 0.3 is 5.97 Å². The number of aromatic nitrogens is 4. The van der Waals surface area contributed by atoms with Crippen molar-refractivity contribution in [1.82, 2.24) is 25.4 Å². The van der Waals surface area contributed by atoms with Gasteiger partial charge in [-0.25, -0.2) is 9.97 Å². The Kier molecular flexibility index (Phi) is 6.60. The molecule has 0 unspecified atom stereocenters. The summed E-state index contributed by atoms with van der Waals surface area (Å²) in [4.78, 5) is 35.3. The van der Waals surface area contributed by atoms with Gasteiger partial charge in [0, 0.05) is 25.1 Å². The highest BCUT2D eigenvalue weighted by Crippen LogP contribution is 2.22. The van der Waals surface area contributed by atoms with Crippen molar-refractivity contribution < 1.29 is 24.0 Å². The van der Waals surface area contributed by atoms with Gasteiger partial charge in [-0.3, -0.25) is 9.59 Å². The van der Waals surface area contributed by atoms with Crippen LogP contribution in [0.2, 0.25) is 0 Å². The van der Waals surface area contributed by atoms with Crippen molar-refractivity contribution in [3.05, 3.63) is 71.6 Å². The second kappa shape index (κ2) is 9.92. The topological polar surface area (TPSA) is 155 Å². The Balaban J connectivity index is 1.44. The number of ether oxygens (including phenoxy) is 1. The third-order valence-corrected chi connectivity index (χ3v) is 4.93. The van der Waals surface area contributed by atoms with E-state index in [0.29, 0.717) is 41.2 Å². The third kappa shape index (κ3) is 5.33. The minimum Gasteiger partial charge on any atom is -0.481 e. The number of hydrogen-bond donors (Lipinski definition) is 4. The van der Waals surface area contributed by atoms with Gasteiger partial charge in [0.15, 0.2) is 5.76 Å². The molecule has 170 valence electrons. The molecule has 0 saturated heterocycles. The molecule has 0 spiro atoms. The van der Waals surface area contributed by atoms with Gasteiger partial charge in [0.25, 0.3) is 5.91 Å². The molecule has 1 atom stereocenters. The van der Waals surface area contributed by atoms with E-state index in [4.69, 9.17) is 9.26 Å². The summed E-state index contributed by atoms with van der Waals surface area (Å²) in [5.41, 5.74) is 2.86. The predicted octanol–water partition coefficient (Wildman–Crippen LogP) is 2.65. The largest absolute Gasteiger partial charge is 0.481 e. The van der Waals surface area contributed by atoms with Crippen LogP contribution in [0.5, 0.6) is 0 Å². The number of fused-ring (bicyclic) bond motifs is 1. The van der Waals surface area contributed by atoms with E-state index >= 15 is 0 Å². The summed E-state index contributed by atoms with van der Waals surface area (Å²) in [7, 11) is 1.59. The number of methoxy groups -OCH3 is 1. The monoisotopic (exact) mass is 450 g/mol. The number of rotatable bonds is 10. The van der Waals surface area contributed by atoms with Gasteiger partial charge in [0.05, 0.1) is 31.0 Å². The van der Waals surface area contributed by atoms with Crippen LogP contribution in [0.1, 0.15) is 40.0 Å². The van der Waals surface area contributed by atoms with E-state index in [0.717, 1.165) is 5.69 Å². The van der Waals surface area contributed by atoms with Crippen LogP contribution in [0, 0.1) is 0 Å². The summed E-state index contributed by atoms with van der Waals surface area (Å²) in [5.74, 6) is -0.857. The molecule has 0 bridgehead atoms. The third-order valence-electron chi connectivity index (χ3n) is 4.93. The van der Waals surface area contributed by atoms with E-state index in [-0.39, 0.29) is 12.1 Å². The number of carboxylic acids is 1. The second-order valence-electron chi connectivity index (χ2n) is 7.28. The smallest absolute Gasteiger partial charge is 0.305 e. The molecule has 3 heterocycles. The van der Waals surface area contributed by atoms with E-state index in [9.17, 15) is 14.7 Å². The average Bonchev–Trinajstić information content (AvgIpc) is 3.47. The van der Waals surface area contributed by atoms with Crippen LogP contribution in [-0.2, 0) is 22.7 Å². The minimum absolute atomic E-state index is 0.176. The summed E-state index contributed by atoms with van der Waals surface area (Å²) in [6, 6.07) is 9.90. The van der Waals surface area contributed by atoms with Gasteiger partial charge in [-0.05, 0) is 23.8 Å². The standard InChI is InChI=1S/C22H22N6O5/c1-32-11-15-8-16(33-28-15)10-24-14-4-2-13(3-5-14)18(9-19(29)30)27-22(31)20-17-6-7-23-21(17)26-12-25-20/h2-8,12,18,24H,9-11H2,1H3,(H,27,31)(H,29,30)(H,23,25,26)/t18-/m1/s1. The molecule has 0 saturated carbocycles. The number of aromatic amines is 1. The number of amides is 1. The van der Waals surface area contributed by atoms with Gasteiger partial charge < -0.3 is 30.0 Å². The van der Waals surface area contributed by atoms with Crippen molar-refractivity contribution in [2.45, 2.75) is 25.6 Å². The van der Waals surface area contributed by atoms with Crippen LogP contribution in [0.15, 0.2) is 53.4 Å². The first-order valence-corrected chi connectivity index (χ1v) is 10.1. The number of nitrogens with zero attached hydrogens (tertiary/aromatic N) is 3. The number of benzene rings is 1. The molecule has 0 radical (unpaired) electrons. The number of hydrogen-bond acceptors (Lipinski definition) is 8. The van der Waals surface area contributed by atoms with E-state index in [1.807, 2.05) is 0 Å². The Morgan fingerprint density at radius 2 is 2.03 bits per heavy atom. The van der Waals surface area contributed by atoms with Crippen molar-refractivity contribution in [1.29, 1.82) is 0 Å². The van der Waals surface area contributed by atoms with Crippen LogP contribution in [-0.4, -0.2) is 44.2 Å². The molecule has 1 amide bonds. The molecular formula is C22H22N6O5. The van der Waals surface area contributed by atoms with Crippen LogP contribution >= 0.6 is 0 Å². The number of H-pyrrole nitrogens is 1. The summed E-state index contributed by atoms with van der Waals surface area (Å²) in [6.45, 7) is 0.797. The lowest BCUT2D eigenvalue weighted by atomic mass is 10.0. The Labute approximate surface area is 188 Å². The highest BCUT2D eigenvalue weighted by molar-refractivity contribution is 6.03. The predicted molar refractivity (Wildman–Crippen MR) is 117 cm³/mol. The Hall–Kier alpha value is -4.25. The van der Waals surface area contributed by atoms with Gasteiger partial charge in [-0.1, -0.05) is 17.3 Å². The highest BCUT2D eigenvalue weighted by Gasteiger charge is 2.21. The number of nitrogens with one attached hydrogen (secondary N) is 3. The first-order valence-electron chi connectivity index (χ1n) is 10.1. The summed E-state index contributed by atoms with van der Waals surface area (Å²) < 4.78 is 10.3. The second-order valence-corrected chi connectivity index (χ2v) is 7.28. The summed E-state index contributed by atoms with van der Waals surface area (Å²) in [5, 5.41) is 19.8. The molecule has 4 N–H and O–H groups in total. The molecule has 11 nitrogen and oxygen atoms in total. The maximum Gasteiger partial charge on any atom is 0.305 e. The first-order chi connectivity index (χ1) is 16.0. The van der Waals surface area contributed by atoms with Crippen LogP contribution in [0.4, 0.5) is 5.69 Å². The maximum absolute atomic E-state index is 12.9. The van der Waals surface area contributed by atoms with Gasteiger partial charge in [-0.15, -0.1) is 0 Å². The van der Waals surface area contributed by atoms with Crippen LogP contribution in [0.3, 0.4) is 0 Å². The fourth-order valence-corrected chi connectivity index (χ4v) is 3.38. The lowest BCUT2D eigenvalue weighted by molar-refractivity contribution is -0.137. The quantitative estimate of drug-likeness (QED) is 0.285. The number of carboxylic acid groups (broad SMARTS) is 1. The molecule has 11 heteroatoms. The van der Waals surface area contributed by atoms with E-state index in [2.05, 4.69) is 30.7 Å². The van der Waals surface area contributed by atoms with Crippen molar-refractivity contribution in [3.8, 4) is 0 Å². The normalized spacial score (nSPS) is 11.9. The molecule has 33 heavy (non-hydrogen) atoms. The Bertz CT molecular complexity index is 1250. The molecule has 4 aromatic rings. The van der Waals surface area contributed by atoms with Crippen molar-refractivity contribution >= 4 is 28.6 Å². The minimum atomic E-state index is -1.03. The van der Waals surface area contributed by atoms with E-state index in [1.54, 1.807) is 49.7 Å². The van der Waals surface area contributed by atoms with E-state index < -0.39 is 17.9 Å². The highest BCUT2D eigenvalue weighted by atomic mass is 16.5. The zero-order chi connectivity index (χ0) is 23.2. The van der Waals surface area contributed by atoms with Gasteiger partial charge in [0.2, 0.25) is 0 Å². The first kappa shape index (κ1) is 22.0. The Morgan fingerprint density at radius 3 is 2.79 bits per heavy atom. The SMILES string of the molecule is COCc1cc(CNc2ccc([C@@H](CC(=O)O)NC(=O)c3ncnc4[nH]ccc34)cc2)on1. The van der Waals surface area contributed by atoms with Gasteiger partial charge in [-0.2, -0.15) is 0 Å². The fourth-order valence-electron chi connectivity index (χ4n) is 3.38. The molecule has 3 aromatic heterocycles. The maximum atomic E-state index is 12.9. The van der Waals surface area contributed by atoms with Crippen LogP contribution < -0.4 is 10.6 Å². The van der Waals surface area contributed by atoms with Crippen molar-refractivity contribution in [2.24, 2.45) is 0 Å². The summed E-state index contributed by atoms with van der Waals surface area (Å²) in [6.07, 6.45) is 2.67. The lowest BCUT2D eigenvalue weighted by Crippen LogP contribution is -2.31. The average molecular weight is 450 g/mol. The molecule has 0 fully saturated rings. The summed E-state index contributed by atoms with van der Waals surface area (Å²) >= 11 is 0. The van der Waals surface area contributed by atoms with Gasteiger partial charge in [0.1, 0.15) is 23.4 Å². The number of aliphatic carboxylic acids is 1. The van der Waals surface area contributed by atoms with Crippen molar-refractivity contribution in [3.63, 3.8) is 0 Å². The van der Waals surface area contributed by atoms with E-state index in [1.165, 1.54) is 6.33 Å². The molecule has 0 aliphatic heterocycles. The lowest BCUT2D eigenvalue weighted by Gasteiger charge is -2.18. The molecule has 1 aromatic carbocycles. The zero-order valence-corrected chi connectivity index (χ0v) is 17.7. The molecule has 4 rings (SSSR count). The molecule has 0 aliphatic rings. The molecule has 0 aliphatic carbocycles. The van der Waals surface area contributed by atoms with Crippen LogP contribution in [0.25, 0.3) is 11.0 Å².